The molecule has 0 saturated carbocycles. The van der Waals surface area contributed by atoms with Crippen molar-refractivity contribution >= 4 is 5.91 Å². The number of benzene rings is 1. The number of nitrogens with one attached hydrogen (secondary N) is 1. The number of nitrogens with zero attached hydrogens (tertiary/aromatic N) is 1. The van der Waals surface area contributed by atoms with Gasteiger partial charge in [-0.2, -0.15) is 0 Å². The molecule has 1 aromatic carbocycles. The molecule has 0 spiro atoms. The Kier molecular flexibility index (Phi) is 3.96. The summed E-state index contributed by atoms with van der Waals surface area (Å²) in [6.07, 6.45) is 4.87. The lowest BCUT2D eigenvalue weighted by molar-refractivity contribution is 0.0947. The van der Waals surface area contributed by atoms with Crippen molar-refractivity contribution in [1.82, 2.24) is 10.3 Å². The first-order chi connectivity index (χ1) is 10.7. The van der Waals surface area contributed by atoms with Crippen LogP contribution in [0, 0.1) is 5.82 Å². The third kappa shape index (κ3) is 3.03. The molecule has 0 atom stereocenters. The standard InChI is InChI=1S/C17H13FN2O2/c18-15-4-2-1-3-14(15)17(21)20-10-12-5-6-16(19-9-12)13-7-8-22-11-13/h1-9,11H,10H2,(H,20,21). The Labute approximate surface area is 126 Å². The Morgan fingerprint density at radius 1 is 1.18 bits per heavy atom. The average molecular weight is 296 g/mol. The second-order valence-corrected chi connectivity index (χ2v) is 4.73. The van der Waals surface area contributed by atoms with Gasteiger partial charge < -0.3 is 9.73 Å². The van der Waals surface area contributed by atoms with Gasteiger partial charge in [-0.1, -0.05) is 18.2 Å². The van der Waals surface area contributed by atoms with Gasteiger partial charge in [-0.15, -0.1) is 0 Å². The van der Waals surface area contributed by atoms with Crippen molar-refractivity contribution in [3.63, 3.8) is 0 Å². The third-order valence-corrected chi connectivity index (χ3v) is 3.21. The molecule has 0 bridgehead atoms. The van der Waals surface area contributed by atoms with Crippen LogP contribution < -0.4 is 5.32 Å². The minimum atomic E-state index is -0.534. The number of hydrogen-bond donors (Lipinski definition) is 1. The summed E-state index contributed by atoms with van der Waals surface area (Å²) in [5, 5.41) is 2.67. The summed E-state index contributed by atoms with van der Waals surface area (Å²) in [4.78, 5) is 16.2. The molecule has 0 aliphatic rings. The molecule has 3 rings (SSSR count). The molecule has 22 heavy (non-hydrogen) atoms. The Hall–Kier alpha value is -2.95. The molecule has 0 radical (unpaired) electrons. The zero-order valence-corrected chi connectivity index (χ0v) is 11.6. The zero-order valence-electron chi connectivity index (χ0n) is 11.6. The van der Waals surface area contributed by atoms with E-state index >= 15 is 0 Å². The smallest absolute Gasteiger partial charge is 0.254 e. The highest BCUT2D eigenvalue weighted by Crippen LogP contribution is 2.17. The largest absolute Gasteiger partial charge is 0.472 e. The van der Waals surface area contributed by atoms with E-state index in [1.165, 1.54) is 12.1 Å². The van der Waals surface area contributed by atoms with Crippen LogP contribution in [0.3, 0.4) is 0 Å². The molecular weight excluding hydrogens is 283 g/mol. The van der Waals surface area contributed by atoms with Crippen molar-refractivity contribution in [2.45, 2.75) is 6.54 Å². The molecule has 0 aliphatic carbocycles. The molecule has 2 heterocycles. The Morgan fingerprint density at radius 3 is 2.73 bits per heavy atom. The zero-order chi connectivity index (χ0) is 15.4. The number of aromatic nitrogens is 1. The summed E-state index contributed by atoms with van der Waals surface area (Å²) in [5.74, 6) is -0.981. The predicted molar refractivity (Wildman–Crippen MR) is 79.5 cm³/mol. The maximum Gasteiger partial charge on any atom is 0.254 e. The molecule has 2 aromatic heterocycles. The number of carbonyl (C=O) groups excluding carboxylic acids is 1. The Morgan fingerprint density at radius 2 is 2.05 bits per heavy atom. The van der Waals surface area contributed by atoms with Crippen LogP contribution in [0.2, 0.25) is 0 Å². The normalized spacial score (nSPS) is 10.4. The van der Waals surface area contributed by atoms with Gasteiger partial charge in [0.1, 0.15) is 5.82 Å². The quantitative estimate of drug-likeness (QED) is 0.802. The van der Waals surface area contributed by atoms with E-state index in [0.717, 1.165) is 16.8 Å². The predicted octanol–water partition coefficient (Wildman–Crippen LogP) is 3.41. The molecule has 4 nitrogen and oxygen atoms in total. The van der Waals surface area contributed by atoms with Gasteiger partial charge in [0.25, 0.3) is 5.91 Å². The van der Waals surface area contributed by atoms with E-state index in [1.807, 2.05) is 18.2 Å². The van der Waals surface area contributed by atoms with Gasteiger partial charge in [-0.05, 0) is 29.8 Å². The number of furan rings is 1. The minimum Gasteiger partial charge on any atom is -0.472 e. The van der Waals surface area contributed by atoms with Crippen molar-refractivity contribution in [2.75, 3.05) is 0 Å². The fraction of sp³-hybridized carbons (Fsp3) is 0.0588. The molecule has 0 fully saturated rings. The molecule has 110 valence electrons. The van der Waals surface area contributed by atoms with Crippen molar-refractivity contribution in [1.29, 1.82) is 0 Å². The average Bonchev–Trinajstić information content (AvgIpc) is 3.08. The summed E-state index contributed by atoms with van der Waals surface area (Å²) in [6.45, 7) is 0.284. The van der Waals surface area contributed by atoms with E-state index in [0.29, 0.717) is 0 Å². The number of carbonyl (C=O) groups is 1. The Bertz CT molecular complexity index is 768. The van der Waals surface area contributed by atoms with Gasteiger partial charge in [-0.3, -0.25) is 9.78 Å². The lowest BCUT2D eigenvalue weighted by atomic mass is 10.1. The SMILES string of the molecule is O=C(NCc1ccc(-c2ccoc2)nc1)c1ccccc1F. The highest BCUT2D eigenvalue weighted by atomic mass is 19.1. The highest BCUT2D eigenvalue weighted by Gasteiger charge is 2.10. The molecule has 0 unspecified atom stereocenters. The monoisotopic (exact) mass is 296 g/mol. The van der Waals surface area contributed by atoms with E-state index < -0.39 is 11.7 Å². The summed E-state index contributed by atoms with van der Waals surface area (Å²) >= 11 is 0. The van der Waals surface area contributed by atoms with Crippen LogP contribution in [0.4, 0.5) is 4.39 Å². The van der Waals surface area contributed by atoms with Gasteiger partial charge in [0.05, 0.1) is 23.8 Å². The van der Waals surface area contributed by atoms with Crippen molar-refractivity contribution in [2.24, 2.45) is 0 Å². The summed E-state index contributed by atoms with van der Waals surface area (Å²) in [6, 6.07) is 11.4. The first kappa shape index (κ1) is 14.0. The van der Waals surface area contributed by atoms with E-state index in [2.05, 4.69) is 10.3 Å². The van der Waals surface area contributed by atoms with Crippen LogP contribution in [-0.4, -0.2) is 10.9 Å². The van der Waals surface area contributed by atoms with E-state index in [9.17, 15) is 9.18 Å². The molecule has 1 N–H and O–H groups in total. The fourth-order valence-corrected chi connectivity index (χ4v) is 2.03. The van der Waals surface area contributed by atoms with E-state index in [1.54, 1.807) is 30.9 Å². The third-order valence-electron chi connectivity index (χ3n) is 3.21. The number of pyridine rings is 1. The molecule has 0 aliphatic heterocycles. The van der Waals surface area contributed by atoms with Crippen molar-refractivity contribution < 1.29 is 13.6 Å². The van der Waals surface area contributed by atoms with Crippen LogP contribution in [-0.2, 0) is 6.54 Å². The first-order valence-electron chi connectivity index (χ1n) is 6.74. The van der Waals surface area contributed by atoms with Crippen molar-refractivity contribution in [3.05, 3.63) is 78.1 Å². The number of halogens is 1. The van der Waals surface area contributed by atoms with Gasteiger partial charge in [0.15, 0.2) is 0 Å². The summed E-state index contributed by atoms with van der Waals surface area (Å²) in [5.41, 5.74) is 2.54. The maximum atomic E-state index is 13.5. The Balaban J connectivity index is 1.64. The van der Waals surface area contributed by atoms with E-state index in [4.69, 9.17) is 4.42 Å². The van der Waals surface area contributed by atoms with Crippen LogP contribution in [0.25, 0.3) is 11.3 Å². The maximum absolute atomic E-state index is 13.5. The molecule has 5 heteroatoms. The summed E-state index contributed by atoms with van der Waals surface area (Å²) < 4.78 is 18.5. The molecule has 1 amide bonds. The minimum absolute atomic E-state index is 0.0328. The molecular formula is C17H13FN2O2. The molecule has 3 aromatic rings. The fourth-order valence-electron chi connectivity index (χ4n) is 2.03. The second kappa shape index (κ2) is 6.22. The van der Waals surface area contributed by atoms with Crippen molar-refractivity contribution in [3.8, 4) is 11.3 Å². The van der Waals surface area contributed by atoms with Crippen LogP contribution in [0.5, 0.6) is 0 Å². The van der Waals surface area contributed by atoms with Crippen LogP contribution in [0.15, 0.2) is 65.6 Å². The van der Waals surface area contributed by atoms with Gasteiger partial charge in [0.2, 0.25) is 0 Å². The van der Waals surface area contributed by atoms with E-state index in [-0.39, 0.29) is 12.1 Å². The van der Waals surface area contributed by atoms with Gasteiger partial charge in [-0.25, -0.2) is 4.39 Å². The van der Waals surface area contributed by atoms with Crippen LogP contribution >= 0.6 is 0 Å². The van der Waals surface area contributed by atoms with Gasteiger partial charge >= 0.3 is 0 Å². The first-order valence-corrected chi connectivity index (χ1v) is 6.74. The number of rotatable bonds is 4. The lowest BCUT2D eigenvalue weighted by Gasteiger charge is -2.06. The highest BCUT2D eigenvalue weighted by molar-refractivity contribution is 5.94. The number of hydrogen-bond acceptors (Lipinski definition) is 3. The number of amides is 1. The summed E-state index contributed by atoms with van der Waals surface area (Å²) in [7, 11) is 0. The topological polar surface area (TPSA) is 55.1 Å². The molecule has 0 saturated heterocycles. The lowest BCUT2D eigenvalue weighted by Crippen LogP contribution is -2.23. The van der Waals surface area contributed by atoms with Crippen LogP contribution in [0.1, 0.15) is 15.9 Å². The van der Waals surface area contributed by atoms with Gasteiger partial charge in [0, 0.05) is 18.3 Å². The second-order valence-electron chi connectivity index (χ2n) is 4.73.